The van der Waals surface area contributed by atoms with E-state index in [0.717, 1.165) is 25.2 Å². The molecule has 2 nitrogen and oxygen atoms in total. The van der Waals surface area contributed by atoms with E-state index in [1.807, 2.05) is 36.4 Å². The Hall–Kier alpha value is -0.850. The predicted octanol–water partition coefficient (Wildman–Crippen LogP) is 4.73. The van der Waals surface area contributed by atoms with E-state index in [0.29, 0.717) is 0 Å². The van der Waals surface area contributed by atoms with E-state index in [4.69, 9.17) is 9.05 Å². The van der Waals surface area contributed by atoms with E-state index in [9.17, 15) is 0 Å². The summed E-state index contributed by atoms with van der Waals surface area (Å²) in [6, 6.07) is 9.76. The van der Waals surface area contributed by atoms with Crippen molar-refractivity contribution in [2.45, 2.75) is 32.1 Å². The Bertz CT molecular complexity index is 288. The van der Waals surface area contributed by atoms with Gasteiger partial charge in [0, 0.05) is 0 Å². The standard InChI is InChI=1S/C14H21O2P/c1-2-3-4-5-6-10-13-15-17-16-14-11-8-7-9-12-14/h2,7-9,11-12,17H,1,3-6,10,13H2. The molecule has 1 aromatic rings. The molecule has 0 saturated carbocycles. The van der Waals surface area contributed by atoms with Gasteiger partial charge in [0.15, 0.2) is 0 Å². The first-order chi connectivity index (χ1) is 8.43. The van der Waals surface area contributed by atoms with Crippen molar-refractivity contribution in [3.63, 3.8) is 0 Å². The molecule has 1 rings (SSSR count). The molecule has 0 spiro atoms. The number of para-hydroxylation sites is 1. The summed E-state index contributed by atoms with van der Waals surface area (Å²) in [5, 5.41) is 0. The van der Waals surface area contributed by atoms with Gasteiger partial charge in [0.1, 0.15) is 5.75 Å². The lowest BCUT2D eigenvalue weighted by atomic mass is 10.1. The third-order valence-corrected chi connectivity index (χ3v) is 3.01. The Labute approximate surface area is 106 Å². The molecule has 0 bridgehead atoms. The Kier molecular flexibility index (Phi) is 8.62. The van der Waals surface area contributed by atoms with Gasteiger partial charge in [0.2, 0.25) is 9.03 Å². The van der Waals surface area contributed by atoms with Crippen LogP contribution in [0.4, 0.5) is 0 Å². The molecule has 0 aliphatic heterocycles. The van der Waals surface area contributed by atoms with Gasteiger partial charge in [0.05, 0.1) is 6.61 Å². The smallest absolute Gasteiger partial charge is 0.215 e. The number of rotatable bonds is 10. The highest BCUT2D eigenvalue weighted by atomic mass is 31.1. The van der Waals surface area contributed by atoms with Crippen LogP contribution in [0, 0.1) is 0 Å². The van der Waals surface area contributed by atoms with Crippen LogP contribution < -0.4 is 4.52 Å². The Balaban J connectivity index is 1.86. The summed E-state index contributed by atoms with van der Waals surface area (Å²) < 4.78 is 10.9. The first-order valence-electron chi connectivity index (χ1n) is 6.13. The molecule has 17 heavy (non-hydrogen) atoms. The molecule has 0 N–H and O–H groups in total. The molecular weight excluding hydrogens is 231 g/mol. The lowest BCUT2D eigenvalue weighted by Gasteiger charge is -2.05. The molecule has 1 aromatic carbocycles. The highest BCUT2D eigenvalue weighted by Gasteiger charge is 1.93. The maximum atomic E-state index is 5.44. The van der Waals surface area contributed by atoms with Crippen LogP contribution in [0.3, 0.4) is 0 Å². The summed E-state index contributed by atoms with van der Waals surface area (Å²) in [6.07, 6.45) is 7.95. The Morgan fingerprint density at radius 3 is 2.59 bits per heavy atom. The van der Waals surface area contributed by atoms with Gasteiger partial charge >= 0.3 is 0 Å². The van der Waals surface area contributed by atoms with Gasteiger partial charge in [-0.3, -0.25) is 0 Å². The molecule has 0 amide bonds. The molecule has 0 radical (unpaired) electrons. The maximum Gasteiger partial charge on any atom is 0.215 e. The summed E-state index contributed by atoms with van der Waals surface area (Å²) in [5.74, 6) is 0.872. The molecule has 0 aliphatic carbocycles. The lowest BCUT2D eigenvalue weighted by Crippen LogP contribution is -1.88. The van der Waals surface area contributed by atoms with E-state index >= 15 is 0 Å². The fourth-order valence-electron chi connectivity index (χ4n) is 1.42. The zero-order valence-electron chi connectivity index (χ0n) is 10.2. The highest BCUT2D eigenvalue weighted by Crippen LogP contribution is 2.21. The first-order valence-corrected chi connectivity index (χ1v) is 6.94. The predicted molar refractivity (Wildman–Crippen MR) is 74.6 cm³/mol. The molecule has 0 fully saturated rings. The fraction of sp³-hybridized carbons (Fsp3) is 0.429. The third kappa shape index (κ3) is 7.95. The minimum Gasteiger partial charge on any atom is -0.450 e. The van der Waals surface area contributed by atoms with Gasteiger partial charge in [0.25, 0.3) is 0 Å². The molecular formula is C14H21O2P. The summed E-state index contributed by atoms with van der Waals surface area (Å²) in [5.41, 5.74) is 0. The molecule has 1 unspecified atom stereocenters. The van der Waals surface area contributed by atoms with Crippen LogP contribution >= 0.6 is 9.03 Å². The average molecular weight is 252 g/mol. The van der Waals surface area contributed by atoms with Crippen molar-refractivity contribution in [2.75, 3.05) is 6.61 Å². The van der Waals surface area contributed by atoms with Crippen LogP contribution in [0.2, 0.25) is 0 Å². The van der Waals surface area contributed by atoms with Crippen LogP contribution in [0.5, 0.6) is 5.75 Å². The van der Waals surface area contributed by atoms with Gasteiger partial charge in [-0.25, -0.2) is 0 Å². The second kappa shape index (κ2) is 10.3. The van der Waals surface area contributed by atoms with E-state index < -0.39 is 0 Å². The number of hydrogen-bond donors (Lipinski definition) is 0. The molecule has 0 saturated heterocycles. The summed E-state index contributed by atoms with van der Waals surface area (Å²) in [7, 11) is 0.106. The molecule has 94 valence electrons. The maximum absolute atomic E-state index is 5.44. The minimum absolute atomic E-state index is 0.106. The van der Waals surface area contributed by atoms with Crippen LogP contribution in [0.25, 0.3) is 0 Å². The van der Waals surface area contributed by atoms with Crippen LogP contribution in [-0.2, 0) is 4.52 Å². The zero-order chi connectivity index (χ0) is 12.2. The third-order valence-electron chi connectivity index (χ3n) is 2.37. The molecule has 0 aromatic heterocycles. The topological polar surface area (TPSA) is 18.5 Å². The van der Waals surface area contributed by atoms with Crippen LogP contribution in [0.1, 0.15) is 32.1 Å². The van der Waals surface area contributed by atoms with Crippen molar-refractivity contribution in [2.24, 2.45) is 0 Å². The van der Waals surface area contributed by atoms with E-state index in [2.05, 4.69) is 6.58 Å². The first kappa shape index (κ1) is 14.2. The van der Waals surface area contributed by atoms with Crippen molar-refractivity contribution < 1.29 is 9.05 Å². The van der Waals surface area contributed by atoms with Gasteiger partial charge < -0.3 is 9.05 Å². The second-order valence-corrected chi connectivity index (χ2v) is 4.50. The normalized spacial score (nSPS) is 10.8. The quantitative estimate of drug-likeness (QED) is 0.340. The van der Waals surface area contributed by atoms with Gasteiger partial charge in [-0.1, -0.05) is 37.1 Å². The van der Waals surface area contributed by atoms with E-state index in [-0.39, 0.29) is 9.03 Å². The SMILES string of the molecule is C=CCCCCCCOPOc1ccccc1. The summed E-state index contributed by atoms with van der Waals surface area (Å²) in [4.78, 5) is 0. The molecule has 1 atom stereocenters. The Morgan fingerprint density at radius 1 is 1.06 bits per heavy atom. The number of allylic oxidation sites excluding steroid dienone is 1. The number of benzene rings is 1. The lowest BCUT2D eigenvalue weighted by molar-refractivity contribution is 0.316. The van der Waals surface area contributed by atoms with Crippen molar-refractivity contribution in [3.05, 3.63) is 43.0 Å². The Morgan fingerprint density at radius 2 is 1.82 bits per heavy atom. The molecule has 0 aliphatic rings. The fourth-order valence-corrected chi connectivity index (χ4v) is 1.94. The summed E-state index contributed by atoms with van der Waals surface area (Å²) >= 11 is 0. The van der Waals surface area contributed by atoms with Crippen molar-refractivity contribution in [3.8, 4) is 5.75 Å². The highest BCUT2D eigenvalue weighted by molar-refractivity contribution is 7.26. The monoisotopic (exact) mass is 252 g/mol. The largest absolute Gasteiger partial charge is 0.450 e. The average Bonchev–Trinajstić information content (AvgIpc) is 2.38. The van der Waals surface area contributed by atoms with E-state index in [1.54, 1.807) is 0 Å². The van der Waals surface area contributed by atoms with Gasteiger partial charge in [-0.15, -0.1) is 6.58 Å². The van der Waals surface area contributed by atoms with Gasteiger partial charge in [-0.2, -0.15) is 0 Å². The van der Waals surface area contributed by atoms with Crippen molar-refractivity contribution in [1.29, 1.82) is 0 Å². The van der Waals surface area contributed by atoms with Crippen molar-refractivity contribution in [1.82, 2.24) is 0 Å². The van der Waals surface area contributed by atoms with Gasteiger partial charge in [-0.05, 0) is 31.4 Å². The van der Waals surface area contributed by atoms with E-state index in [1.165, 1.54) is 19.3 Å². The molecule has 3 heteroatoms. The second-order valence-electron chi connectivity index (χ2n) is 3.84. The van der Waals surface area contributed by atoms with Crippen LogP contribution in [-0.4, -0.2) is 6.61 Å². The minimum atomic E-state index is 0.106. The number of unbranched alkanes of at least 4 members (excludes halogenated alkanes) is 4. The zero-order valence-corrected chi connectivity index (χ0v) is 11.2. The van der Waals surface area contributed by atoms with Crippen LogP contribution in [0.15, 0.2) is 43.0 Å². The van der Waals surface area contributed by atoms with Crippen molar-refractivity contribution >= 4 is 9.03 Å². The molecule has 0 heterocycles. The summed E-state index contributed by atoms with van der Waals surface area (Å²) in [6.45, 7) is 4.50. The number of hydrogen-bond acceptors (Lipinski definition) is 2.